The van der Waals surface area contributed by atoms with Crippen molar-refractivity contribution in [3.8, 4) is 17.2 Å². The molecule has 1 aliphatic heterocycles. The number of benzene rings is 1. The minimum absolute atomic E-state index is 0.101. The van der Waals surface area contributed by atoms with Crippen molar-refractivity contribution in [2.75, 3.05) is 51.6 Å². The number of amides is 2. The number of nitrogens with one attached hydrogen (secondary N) is 2. The van der Waals surface area contributed by atoms with E-state index in [0.717, 1.165) is 30.0 Å². The second-order valence-corrected chi connectivity index (χ2v) is 8.89. The maximum absolute atomic E-state index is 12.9. The van der Waals surface area contributed by atoms with Crippen molar-refractivity contribution in [1.82, 2.24) is 9.88 Å². The van der Waals surface area contributed by atoms with Crippen LogP contribution in [0.15, 0.2) is 12.1 Å². The van der Waals surface area contributed by atoms with Crippen LogP contribution in [0.3, 0.4) is 0 Å². The number of aromatic nitrogens is 1. The Bertz CT molecular complexity index is 933. The molecule has 174 valence electrons. The molecule has 9 nitrogen and oxygen atoms in total. The van der Waals surface area contributed by atoms with E-state index in [-0.39, 0.29) is 24.3 Å². The molecule has 2 heterocycles. The SMILES string of the molecule is COc1cc(NC(=O)C2CCCN(CC(=O)Nc3nc(C)c(C)s3)C2)cc(OC)c1OC. The van der Waals surface area contributed by atoms with Crippen LogP contribution >= 0.6 is 11.3 Å². The first-order valence-electron chi connectivity index (χ1n) is 10.4. The molecule has 0 radical (unpaired) electrons. The van der Waals surface area contributed by atoms with Gasteiger partial charge in [0, 0.05) is 29.2 Å². The number of likely N-dealkylation sites (tertiary alicyclic amines) is 1. The Balaban J connectivity index is 1.60. The predicted octanol–water partition coefficient (Wildman–Crippen LogP) is 3.07. The molecule has 0 spiro atoms. The molecule has 10 heteroatoms. The number of anilines is 2. The van der Waals surface area contributed by atoms with E-state index >= 15 is 0 Å². The van der Waals surface area contributed by atoms with Crippen molar-refractivity contribution in [3.05, 3.63) is 22.7 Å². The van der Waals surface area contributed by atoms with Gasteiger partial charge in [0.2, 0.25) is 17.6 Å². The van der Waals surface area contributed by atoms with Gasteiger partial charge >= 0.3 is 0 Å². The molecule has 3 rings (SSSR count). The number of ether oxygens (including phenoxy) is 3. The highest BCUT2D eigenvalue weighted by atomic mass is 32.1. The van der Waals surface area contributed by atoms with Gasteiger partial charge in [-0.15, -0.1) is 11.3 Å². The third-order valence-corrected chi connectivity index (χ3v) is 6.44. The number of carbonyl (C=O) groups excluding carboxylic acids is 2. The maximum Gasteiger partial charge on any atom is 0.240 e. The molecular formula is C22H30N4O5S. The van der Waals surface area contributed by atoms with Gasteiger partial charge in [0.15, 0.2) is 16.6 Å². The summed E-state index contributed by atoms with van der Waals surface area (Å²) in [5.74, 6) is 0.960. The number of thiazole rings is 1. The summed E-state index contributed by atoms with van der Waals surface area (Å²) in [6.07, 6.45) is 1.61. The van der Waals surface area contributed by atoms with Gasteiger partial charge in [-0.3, -0.25) is 14.5 Å². The first-order chi connectivity index (χ1) is 15.3. The van der Waals surface area contributed by atoms with Crippen molar-refractivity contribution >= 4 is 34.0 Å². The first-order valence-corrected chi connectivity index (χ1v) is 11.2. The molecular weight excluding hydrogens is 432 g/mol. The lowest BCUT2D eigenvalue weighted by atomic mass is 9.97. The van der Waals surface area contributed by atoms with Crippen molar-refractivity contribution < 1.29 is 23.8 Å². The zero-order valence-electron chi connectivity index (χ0n) is 19.1. The van der Waals surface area contributed by atoms with Crippen LogP contribution in [0.2, 0.25) is 0 Å². The average Bonchev–Trinajstić information content (AvgIpc) is 3.09. The lowest BCUT2D eigenvalue weighted by Crippen LogP contribution is -2.44. The first kappa shape index (κ1) is 23.8. The summed E-state index contributed by atoms with van der Waals surface area (Å²) >= 11 is 1.46. The van der Waals surface area contributed by atoms with Crippen LogP contribution in [0.5, 0.6) is 17.2 Å². The summed E-state index contributed by atoms with van der Waals surface area (Å²) in [7, 11) is 4.59. The Labute approximate surface area is 192 Å². The second-order valence-electron chi connectivity index (χ2n) is 7.69. The molecule has 1 fully saturated rings. The highest BCUT2D eigenvalue weighted by Gasteiger charge is 2.27. The molecule has 0 saturated carbocycles. The number of hydrogen-bond donors (Lipinski definition) is 2. The van der Waals surface area contributed by atoms with E-state index in [2.05, 4.69) is 15.6 Å². The molecule has 0 aliphatic carbocycles. The van der Waals surface area contributed by atoms with Gasteiger partial charge in [-0.05, 0) is 33.2 Å². The van der Waals surface area contributed by atoms with E-state index in [0.29, 0.717) is 34.6 Å². The van der Waals surface area contributed by atoms with E-state index in [1.54, 1.807) is 12.1 Å². The van der Waals surface area contributed by atoms with Gasteiger partial charge in [-0.2, -0.15) is 0 Å². The molecule has 2 aromatic rings. The highest BCUT2D eigenvalue weighted by Crippen LogP contribution is 2.40. The second kappa shape index (κ2) is 10.6. The topological polar surface area (TPSA) is 102 Å². The Kier molecular flexibility index (Phi) is 7.92. The lowest BCUT2D eigenvalue weighted by Gasteiger charge is -2.31. The summed E-state index contributed by atoms with van der Waals surface area (Å²) < 4.78 is 16.0. The normalized spacial score (nSPS) is 16.3. The fraction of sp³-hybridized carbons (Fsp3) is 0.500. The van der Waals surface area contributed by atoms with Gasteiger partial charge in [-0.25, -0.2) is 4.98 Å². The lowest BCUT2D eigenvalue weighted by molar-refractivity contribution is -0.123. The van der Waals surface area contributed by atoms with E-state index in [1.807, 2.05) is 18.7 Å². The number of carbonyl (C=O) groups is 2. The van der Waals surface area contributed by atoms with Crippen molar-refractivity contribution in [1.29, 1.82) is 0 Å². The molecule has 32 heavy (non-hydrogen) atoms. The zero-order chi connectivity index (χ0) is 23.3. The fourth-order valence-electron chi connectivity index (χ4n) is 3.70. The van der Waals surface area contributed by atoms with E-state index in [1.165, 1.54) is 32.7 Å². The van der Waals surface area contributed by atoms with Gasteiger partial charge in [0.1, 0.15) is 0 Å². The monoisotopic (exact) mass is 462 g/mol. The number of aryl methyl sites for hydroxylation is 2. The molecule has 1 unspecified atom stereocenters. The number of hydrogen-bond acceptors (Lipinski definition) is 8. The van der Waals surface area contributed by atoms with E-state index < -0.39 is 0 Å². The third kappa shape index (κ3) is 5.68. The Hall–Kier alpha value is -2.85. The van der Waals surface area contributed by atoms with Crippen LogP contribution in [-0.2, 0) is 9.59 Å². The molecule has 1 aromatic carbocycles. The summed E-state index contributed by atoms with van der Waals surface area (Å²) in [6.45, 7) is 5.41. The molecule has 1 aromatic heterocycles. The van der Waals surface area contributed by atoms with Crippen LogP contribution in [-0.4, -0.2) is 62.7 Å². The summed E-state index contributed by atoms with van der Waals surface area (Å²) in [5, 5.41) is 6.41. The number of methoxy groups -OCH3 is 3. The Morgan fingerprint density at radius 1 is 1.12 bits per heavy atom. The van der Waals surface area contributed by atoms with E-state index in [4.69, 9.17) is 14.2 Å². The highest BCUT2D eigenvalue weighted by molar-refractivity contribution is 7.15. The molecule has 2 N–H and O–H groups in total. The molecule has 2 amide bonds. The predicted molar refractivity (Wildman–Crippen MR) is 124 cm³/mol. The van der Waals surface area contributed by atoms with Crippen LogP contribution in [0.4, 0.5) is 10.8 Å². The van der Waals surface area contributed by atoms with Crippen molar-refractivity contribution in [3.63, 3.8) is 0 Å². The smallest absolute Gasteiger partial charge is 0.240 e. The minimum Gasteiger partial charge on any atom is -0.493 e. The van der Waals surface area contributed by atoms with Crippen molar-refractivity contribution in [2.24, 2.45) is 5.92 Å². The summed E-state index contributed by atoms with van der Waals surface area (Å²) in [6, 6.07) is 3.40. The van der Waals surface area contributed by atoms with Crippen LogP contribution in [0.25, 0.3) is 0 Å². The van der Waals surface area contributed by atoms with Gasteiger partial charge < -0.3 is 24.8 Å². The largest absolute Gasteiger partial charge is 0.493 e. The van der Waals surface area contributed by atoms with Crippen LogP contribution < -0.4 is 24.8 Å². The maximum atomic E-state index is 12.9. The molecule has 1 saturated heterocycles. The number of nitrogens with zero attached hydrogens (tertiary/aromatic N) is 2. The van der Waals surface area contributed by atoms with Crippen molar-refractivity contribution in [2.45, 2.75) is 26.7 Å². The van der Waals surface area contributed by atoms with E-state index in [9.17, 15) is 9.59 Å². The number of rotatable bonds is 8. The standard InChI is InChI=1S/C22H30N4O5S/c1-13-14(2)32-22(23-13)25-19(27)12-26-8-6-7-15(11-26)21(28)24-16-9-17(29-3)20(31-5)18(10-16)30-4/h9-10,15H,6-8,11-12H2,1-5H3,(H,24,28)(H,23,25,27). The average molecular weight is 463 g/mol. The Morgan fingerprint density at radius 3 is 2.38 bits per heavy atom. The summed E-state index contributed by atoms with van der Waals surface area (Å²) in [4.78, 5) is 32.8. The van der Waals surface area contributed by atoms with Gasteiger partial charge in [0.05, 0.1) is 39.5 Å². The molecule has 0 bridgehead atoms. The quantitative estimate of drug-likeness (QED) is 0.622. The number of piperidine rings is 1. The van der Waals surface area contributed by atoms with Gasteiger partial charge in [0.25, 0.3) is 0 Å². The van der Waals surface area contributed by atoms with Crippen LogP contribution in [0.1, 0.15) is 23.4 Å². The minimum atomic E-state index is -0.222. The third-order valence-electron chi connectivity index (χ3n) is 5.45. The Morgan fingerprint density at radius 2 is 1.81 bits per heavy atom. The zero-order valence-corrected chi connectivity index (χ0v) is 19.9. The van der Waals surface area contributed by atoms with Crippen LogP contribution in [0, 0.1) is 19.8 Å². The fourth-order valence-corrected chi connectivity index (χ4v) is 4.53. The van der Waals surface area contributed by atoms with Gasteiger partial charge in [-0.1, -0.05) is 0 Å². The molecule has 1 aliphatic rings. The summed E-state index contributed by atoms with van der Waals surface area (Å²) in [5.41, 5.74) is 1.49. The molecule has 1 atom stereocenters.